The number of ether oxygens (including phenoxy) is 1. The summed E-state index contributed by atoms with van der Waals surface area (Å²) in [5.74, 6) is -1.57. The van der Waals surface area contributed by atoms with Crippen LogP contribution in [0, 0.1) is 11.6 Å². The first-order valence-corrected chi connectivity index (χ1v) is 5.84. The monoisotopic (exact) mass is 261 g/mol. The lowest BCUT2D eigenvalue weighted by Crippen LogP contribution is -2.34. The second kappa shape index (κ2) is 4.42. The van der Waals surface area contributed by atoms with Gasteiger partial charge in [-0.3, -0.25) is 0 Å². The van der Waals surface area contributed by atoms with E-state index in [1.807, 2.05) is 6.92 Å². The van der Waals surface area contributed by atoms with Crippen molar-refractivity contribution in [1.29, 1.82) is 0 Å². The van der Waals surface area contributed by atoms with Crippen molar-refractivity contribution >= 4 is 11.6 Å². The molecule has 94 valence electrons. The Labute approximate surface area is 104 Å². The van der Waals surface area contributed by atoms with Gasteiger partial charge < -0.3 is 10.1 Å². The lowest BCUT2D eigenvalue weighted by atomic mass is 9.89. The minimum Gasteiger partial charge on any atom is -0.493 e. The van der Waals surface area contributed by atoms with E-state index >= 15 is 0 Å². The lowest BCUT2D eigenvalue weighted by Gasteiger charge is -2.27. The van der Waals surface area contributed by atoms with Crippen molar-refractivity contribution < 1.29 is 13.5 Å². The number of rotatable bonds is 2. The molecule has 0 spiro atoms. The van der Waals surface area contributed by atoms with E-state index in [9.17, 15) is 8.78 Å². The normalized spacial score (nSPS) is 24.1. The van der Waals surface area contributed by atoms with E-state index in [0.717, 1.165) is 19.4 Å². The van der Waals surface area contributed by atoms with E-state index in [2.05, 4.69) is 5.32 Å². The van der Waals surface area contributed by atoms with Crippen LogP contribution in [-0.2, 0) is 5.54 Å². The standard InChI is InChI=1S/C12H14ClF2NO/c1-12(4-3-5-16-12)7-6-8(14)9(13)10(15)11(7)17-2/h6,16H,3-5H2,1-2H3. The van der Waals surface area contributed by atoms with Gasteiger partial charge in [-0.2, -0.15) is 0 Å². The van der Waals surface area contributed by atoms with Gasteiger partial charge >= 0.3 is 0 Å². The number of nitrogens with one attached hydrogen (secondary N) is 1. The zero-order chi connectivity index (χ0) is 12.6. The van der Waals surface area contributed by atoms with Crippen LogP contribution in [0.15, 0.2) is 6.07 Å². The summed E-state index contributed by atoms with van der Waals surface area (Å²) in [7, 11) is 1.36. The molecular weight excluding hydrogens is 248 g/mol. The highest BCUT2D eigenvalue weighted by Crippen LogP contribution is 2.40. The Morgan fingerprint density at radius 1 is 1.47 bits per heavy atom. The molecule has 1 unspecified atom stereocenters. The first kappa shape index (κ1) is 12.6. The fourth-order valence-electron chi connectivity index (χ4n) is 2.31. The van der Waals surface area contributed by atoms with E-state index < -0.39 is 22.2 Å². The summed E-state index contributed by atoms with van der Waals surface area (Å²) in [5.41, 5.74) is 0.0225. The molecule has 0 radical (unpaired) electrons. The molecular formula is C12H14ClF2NO. The van der Waals surface area contributed by atoms with Crippen LogP contribution in [0.2, 0.25) is 5.02 Å². The van der Waals surface area contributed by atoms with E-state index in [1.165, 1.54) is 13.2 Å². The van der Waals surface area contributed by atoms with Crippen LogP contribution in [-0.4, -0.2) is 13.7 Å². The second-order valence-corrected chi connectivity index (χ2v) is 4.81. The van der Waals surface area contributed by atoms with Crippen LogP contribution in [0.4, 0.5) is 8.78 Å². The van der Waals surface area contributed by atoms with E-state index in [-0.39, 0.29) is 5.75 Å². The van der Waals surface area contributed by atoms with Crippen molar-refractivity contribution in [2.75, 3.05) is 13.7 Å². The predicted molar refractivity (Wildman–Crippen MR) is 62.5 cm³/mol. The number of hydrogen-bond acceptors (Lipinski definition) is 2. The van der Waals surface area contributed by atoms with Crippen molar-refractivity contribution in [1.82, 2.24) is 5.32 Å². The molecule has 1 atom stereocenters. The summed E-state index contributed by atoms with van der Waals surface area (Å²) in [5, 5.41) is 2.72. The zero-order valence-electron chi connectivity index (χ0n) is 9.74. The van der Waals surface area contributed by atoms with Gasteiger partial charge in [-0.15, -0.1) is 0 Å². The Bertz CT molecular complexity index is 445. The Kier molecular flexibility index (Phi) is 3.27. The van der Waals surface area contributed by atoms with E-state index in [1.54, 1.807) is 0 Å². The number of halogens is 3. The quantitative estimate of drug-likeness (QED) is 0.826. The molecule has 2 nitrogen and oxygen atoms in total. The van der Waals surface area contributed by atoms with Gasteiger partial charge in [0.25, 0.3) is 0 Å². The Balaban J connectivity index is 2.60. The molecule has 0 aromatic heterocycles. The topological polar surface area (TPSA) is 21.3 Å². The third-order valence-corrected chi connectivity index (χ3v) is 3.63. The minimum absolute atomic E-state index is 0.0216. The molecule has 0 aliphatic carbocycles. The van der Waals surface area contributed by atoms with Gasteiger partial charge in [0.2, 0.25) is 0 Å². The van der Waals surface area contributed by atoms with Crippen molar-refractivity contribution in [3.8, 4) is 5.75 Å². The Hall–Kier alpha value is -0.870. The lowest BCUT2D eigenvalue weighted by molar-refractivity contribution is 0.347. The van der Waals surface area contributed by atoms with E-state index in [0.29, 0.717) is 5.56 Å². The highest BCUT2D eigenvalue weighted by Gasteiger charge is 2.35. The molecule has 17 heavy (non-hydrogen) atoms. The minimum atomic E-state index is -0.834. The molecule has 1 aliphatic heterocycles. The SMILES string of the molecule is COc1c(C2(C)CCCN2)cc(F)c(Cl)c1F. The van der Waals surface area contributed by atoms with Crippen LogP contribution in [0.5, 0.6) is 5.75 Å². The smallest absolute Gasteiger partial charge is 0.186 e. The summed E-state index contributed by atoms with van der Waals surface area (Å²) in [6.07, 6.45) is 1.77. The molecule has 1 fully saturated rings. The molecule has 0 bridgehead atoms. The second-order valence-electron chi connectivity index (χ2n) is 4.43. The van der Waals surface area contributed by atoms with Crippen LogP contribution >= 0.6 is 11.6 Å². The van der Waals surface area contributed by atoms with Crippen LogP contribution in [0.25, 0.3) is 0 Å². The molecule has 0 saturated carbocycles. The molecule has 2 rings (SSSR count). The van der Waals surface area contributed by atoms with Crippen LogP contribution in [0.3, 0.4) is 0 Å². The molecule has 1 aliphatic rings. The maximum atomic E-state index is 13.8. The Morgan fingerprint density at radius 3 is 2.71 bits per heavy atom. The predicted octanol–water partition coefficient (Wildman–Crippen LogP) is 3.23. The largest absolute Gasteiger partial charge is 0.493 e. The average molecular weight is 262 g/mol. The fraction of sp³-hybridized carbons (Fsp3) is 0.500. The first-order valence-electron chi connectivity index (χ1n) is 5.46. The zero-order valence-corrected chi connectivity index (χ0v) is 10.5. The van der Waals surface area contributed by atoms with Crippen molar-refractivity contribution in [2.45, 2.75) is 25.3 Å². The fourth-order valence-corrected chi connectivity index (χ4v) is 2.45. The molecule has 1 aromatic rings. The van der Waals surface area contributed by atoms with Gasteiger partial charge in [0.1, 0.15) is 10.8 Å². The highest BCUT2D eigenvalue weighted by atomic mass is 35.5. The van der Waals surface area contributed by atoms with Crippen LogP contribution in [0.1, 0.15) is 25.3 Å². The number of methoxy groups -OCH3 is 1. The summed E-state index contributed by atoms with van der Waals surface area (Å²) in [6, 6.07) is 1.25. The maximum absolute atomic E-state index is 13.8. The molecule has 1 saturated heterocycles. The molecule has 1 N–H and O–H groups in total. The number of benzene rings is 1. The van der Waals surface area contributed by atoms with Crippen molar-refractivity contribution in [3.05, 3.63) is 28.3 Å². The summed E-state index contributed by atoms with van der Waals surface area (Å²) >= 11 is 5.54. The summed E-state index contributed by atoms with van der Waals surface area (Å²) < 4.78 is 32.4. The highest BCUT2D eigenvalue weighted by molar-refractivity contribution is 6.31. The summed E-state index contributed by atoms with van der Waals surface area (Å²) in [4.78, 5) is 0. The maximum Gasteiger partial charge on any atom is 0.186 e. The van der Waals surface area contributed by atoms with Crippen molar-refractivity contribution in [2.24, 2.45) is 0 Å². The molecule has 1 heterocycles. The third kappa shape index (κ3) is 2.00. The third-order valence-electron chi connectivity index (χ3n) is 3.28. The summed E-state index contributed by atoms with van der Waals surface area (Å²) in [6.45, 7) is 2.73. The number of hydrogen-bond donors (Lipinski definition) is 1. The van der Waals surface area contributed by atoms with Gasteiger partial charge in [0, 0.05) is 11.1 Å². The van der Waals surface area contributed by atoms with Crippen LogP contribution < -0.4 is 10.1 Å². The molecule has 1 aromatic carbocycles. The van der Waals surface area contributed by atoms with Gasteiger partial charge in [-0.1, -0.05) is 11.6 Å². The molecule has 5 heteroatoms. The van der Waals surface area contributed by atoms with Crippen molar-refractivity contribution in [3.63, 3.8) is 0 Å². The molecule has 0 amide bonds. The average Bonchev–Trinajstić information content (AvgIpc) is 2.74. The van der Waals surface area contributed by atoms with Gasteiger partial charge in [0.15, 0.2) is 11.6 Å². The van der Waals surface area contributed by atoms with Gasteiger partial charge in [-0.05, 0) is 32.4 Å². The van der Waals surface area contributed by atoms with E-state index in [4.69, 9.17) is 16.3 Å². The van der Waals surface area contributed by atoms with Gasteiger partial charge in [-0.25, -0.2) is 8.78 Å². The van der Waals surface area contributed by atoms with Gasteiger partial charge in [0.05, 0.1) is 7.11 Å². The Morgan fingerprint density at radius 2 is 2.18 bits per heavy atom. The first-order chi connectivity index (χ1) is 7.99.